The first-order chi connectivity index (χ1) is 16.6. The highest BCUT2D eigenvalue weighted by atomic mass is 16.5. The van der Waals surface area contributed by atoms with Crippen LogP contribution in [0, 0.1) is 0 Å². The number of hydrogen-bond acceptors (Lipinski definition) is 5. The number of ether oxygens (including phenoxy) is 2. The molecule has 0 radical (unpaired) electrons. The molecule has 1 heterocycles. The van der Waals surface area contributed by atoms with E-state index in [9.17, 15) is 4.79 Å². The second-order valence-electron chi connectivity index (χ2n) is 9.32. The van der Waals surface area contributed by atoms with Gasteiger partial charge in [-0.05, 0) is 57.7 Å². The van der Waals surface area contributed by atoms with Crippen LogP contribution in [0.4, 0.5) is 5.69 Å². The molecule has 1 aromatic rings. The molecule has 2 aliphatic rings. The van der Waals surface area contributed by atoms with Gasteiger partial charge in [0.1, 0.15) is 5.75 Å². The number of anilines is 1. The van der Waals surface area contributed by atoms with Crippen LogP contribution >= 0.6 is 0 Å². The molecule has 0 spiro atoms. The number of aliphatic imine (C=N–C) groups is 1. The Hall–Kier alpha value is -2.50. The average Bonchev–Trinajstić information content (AvgIpc) is 3.15. The largest absolute Gasteiger partial charge is 0.496 e. The van der Waals surface area contributed by atoms with Crippen molar-refractivity contribution in [2.24, 2.45) is 4.99 Å². The Morgan fingerprint density at radius 3 is 2.38 bits per heavy atom. The molecule has 1 saturated heterocycles. The molecule has 34 heavy (non-hydrogen) atoms. The van der Waals surface area contributed by atoms with Crippen molar-refractivity contribution in [2.75, 3.05) is 25.1 Å². The van der Waals surface area contributed by atoms with Gasteiger partial charge >= 0.3 is 6.02 Å². The molecule has 0 N–H and O–H groups in total. The Balaban J connectivity index is 1.96. The maximum atomic E-state index is 13.6. The van der Waals surface area contributed by atoms with E-state index in [0.717, 1.165) is 68.6 Å². The molecule has 188 valence electrons. The zero-order chi connectivity index (χ0) is 24.5. The molecule has 0 atom stereocenters. The van der Waals surface area contributed by atoms with Crippen molar-refractivity contribution < 1.29 is 14.3 Å². The molecule has 1 aliphatic carbocycles. The summed E-state index contributed by atoms with van der Waals surface area (Å²) < 4.78 is 11.9. The summed E-state index contributed by atoms with van der Waals surface area (Å²) in [6.45, 7) is 10.5. The number of amidine groups is 1. The number of rotatable bonds is 11. The maximum absolute atomic E-state index is 13.6. The van der Waals surface area contributed by atoms with Crippen molar-refractivity contribution in [2.45, 2.75) is 97.6 Å². The van der Waals surface area contributed by atoms with Crippen molar-refractivity contribution in [3.63, 3.8) is 0 Å². The van der Waals surface area contributed by atoms with E-state index in [0.29, 0.717) is 11.8 Å². The van der Waals surface area contributed by atoms with Gasteiger partial charge in [-0.1, -0.05) is 46.0 Å². The normalized spacial score (nSPS) is 19.4. The summed E-state index contributed by atoms with van der Waals surface area (Å²) in [6, 6.07) is 6.96. The summed E-state index contributed by atoms with van der Waals surface area (Å²) in [5, 5.41) is 0. The summed E-state index contributed by atoms with van der Waals surface area (Å²) in [6.07, 6.45) is 11.6. The monoisotopic (exact) mass is 469 g/mol. The van der Waals surface area contributed by atoms with Gasteiger partial charge in [-0.15, -0.1) is 0 Å². The average molecular weight is 470 g/mol. The van der Waals surface area contributed by atoms with Gasteiger partial charge in [-0.25, -0.2) is 4.99 Å². The number of benzene rings is 1. The van der Waals surface area contributed by atoms with Gasteiger partial charge in [-0.2, -0.15) is 0 Å². The van der Waals surface area contributed by atoms with E-state index in [1.54, 1.807) is 7.11 Å². The molecule has 0 bridgehead atoms. The lowest BCUT2D eigenvalue weighted by atomic mass is 9.96. The van der Waals surface area contributed by atoms with Crippen molar-refractivity contribution in [1.82, 2.24) is 4.90 Å². The van der Waals surface area contributed by atoms with Crippen molar-refractivity contribution in [1.29, 1.82) is 0 Å². The third-order valence-corrected chi connectivity index (χ3v) is 6.95. The highest BCUT2D eigenvalue weighted by molar-refractivity contribution is 6.11. The van der Waals surface area contributed by atoms with Crippen LogP contribution in [-0.4, -0.2) is 49.1 Å². The summed E-state index contributed by atoms with van der Waals surface area (Å²) in [7, 11) is 1.67. The molecule has 1 aromatic carbocycles. The summed E-state index contributed by atoms with van der Waals surface area (Å²) in [4.78, 5) is 22.7. The Morgan fingerprint density at radius 2 is 1.79 bits per heavy atom. The molecule has 3 rings (SSSR count). The highest BCUT2D eigenvalue weighted by Crippen LogP contribution is 2.32. The van der Waals surface area contributed by atoms with Crippen LogP contribution in [0.1, 0.15) is 91.0 Å². The van der Waals surface area contributed by atoms with Gasteiger partial charge < -0.3 is 14.4 Å². The number of amides is 1. The zero-order valence-corrected chi connectivity index (χ0v) is 21.8. The van der Waals surface area contributed by atoms with Gasteiger partial charge in [0, 0.05) is 36.4 Å². The number of hydrogen-bond donors (Lipinski definition) is 0. The molecular formula is C28H43N3O3. The lowest BCUT2D eigenvalue weighted by molar-refractivity contribution is -0.124. The summed E-state index contributed by atoms with van der Waals surface area (Å²) >= 11 is 0. The van der Waals surface area contributed by atoms with Crippen LogP contribution in [0.5, 0.6) is 5.75 Å². The predicted octanol–water partition coefficient (Wildman–Crippen LogP) is 6.40. The standard InChI is InChI=1S/C28H43N3O3/c1-6-13-23(14-7-2)31-27(32)26(34-28(31)29-22-15-11-10-12-16-22)19-21-17-18-24(20-25(21)33-5)30(8-3)9-4/h17-20,22-23H,6-16H2,1-5H3/b26-19+,29-28?. The van der Waals surface area contributed by atoms with Crippen LogP contribution in [0.15, 0.2) is 29.0 Å². The fourth-order valence-electron chi connectivity index (χ4n) is 5.08. The number of carbonyl (C=O) groups excluding carboxylic acids is 1. The van der Waals surface area contributed by atoms with Crippen LogP contribution in [0.3, 0.4) is 0 Å². The topological polar surface area (TPSA) is 54.4 Å². The Morgan fingerprint density at radius 1 is 1.12 bits per heavy atom. The van der Waals surface area contributed by atoms with Gasteiger partial charge in [0.25, 0.3) is 5.91 Å². The van der Waals surface area contributed by atoms with Crippen LogP contribution in [0.25, 0.3) is 6.08 Å². The van der Waals surface area contributed by atoms with E-state index < -0.39 is 0 Å². The van der Waals surface area contributed by atoms with Gasteiger partial charge in [-0.3, -0.25) is 9.69 Å². The minimum Gasteiger partial charge on any atom is -0.496 e. The quantitative estimate of drug-likeness (QED) is 0.352. The van der Waals surface area contributed by atoms with Gasteiger partial charge in [0.05, 0.1) is 13.2 Å². The van der Waals surface area contributed by atoms with E-state index in [1.807, 2.05) is 23.1 Å². The molecule has 1 aliphatic heterocycles. The van der Waals surface area contributed by atoms with E-state index in [-0.39, 0.29) is 18.0 Å². The van der Waals surface area contributed by atoms with Gasteiger partial charge in [0.15, 0.2) is 5.76 Å². The molecule has 0 aromatic heterocycles. The number of methoxy groups -OCH3 is 1. The lowest BCUT2D eigenvalue weighted by Gasteiger charge is -2.26. The van der Waals surface area contributed by atoms with Crippen molar-refractivity contribution >= 4 is 23.7 Å². The smallest absolute Gasteiger partial charge is 0.300 e. The summed E-state index contributed by atoms with van der Waals surface area (Å²) in [5.74, 6) is 0.980. The first kappa shape index (κ1) is 26.1. The Kier molecular flexibility index (Phi) is 9.85. The summed E-state index contributed by atoms with van der Waals surface area (Å²) in [5.41, 5.74) is 1.94. The van der Waals surface area contributed by atoms with E-state index >= 15 is 0 Å². The number of nitrogens with zero attached hydrogens (tertiary/aromatic N) is 3. The minimum atomic E-state index is -0.0867. The zero-order valence-electron chi connectivity index (χ0n) is 21.8. The maximum Gasteiger partial charge on any atom is 0.300 e. The van der Waals surface area contributed by atoms with Crippen LogP contribution in [0.2, 0.25) is 0 Å². The SMILES string of the molecule is CCCC(CCC)N1C(=O)/C(=C\c2ccc(N(CC)CC)cc2OC)OC1=NC1CCCCC1. The van der Waals surface area contributed by atoms with E-state index in [2.05, 4.69) is 38.7 Å². The van der Waals surface area contributed by atoms with E-state index in [4.69, 9.17) is 14.5 Å². The fourth-order valence-corrected chi connectivity index (χ4v) is 5.08. The molecule has 2 fully saturated rings. The first-order valence-electron chi connectivity index (χ1n) is 13.3. The minimum absolute atomic E-state index is 0.0867. The second kappa shape index (κ2) is 12.8. The molecule has 1 amide bonds. The highest BCUT2D eigenvalue weighted by Gasteiger charge is 2.39. The Bertz CT molecular complexity index is 864. The molecule has 6 nitrogen and oxygen atoms in total. The molecular weight excluding hydrogens is 426 g/mol. The predicted molar refractivity (Wildman–Crippen MR) is 140 cm³/mol. The molecule has 6 heteroatoms. The Labute approximate surface area is 206 Å². The third-order valence-electron chi connectivity index (χ3n) is 6.95. The van der Waals surface area contributed by atoms with Crippen molar-refractivity contribution in [3.05, 3.63) is 29.5 Å². The third kappa shape index (κ3) is 6.13. The van der Waals surface area contributed by atoms with Crippen LogP contribution in [-0.2, 0) is 9.53 Å². The van der Waals surface area contributed by atoms with Crippen LogP contribution < -0.4 is 9.64 Å². The molecule has 0 unspecified atom stereocenters. The van der Waals surface area contributed by atoms with Crippen molar-refractivity contribution in [3.8, 4) is 5.75 Å². The fraction of sp³-hybridized carbons (Fsp3) is 0.643. The first-order valence-corrected chi connectivity index (χ1v) is 13.3. The second-order valence-corrected chi connectivity index (χ2v) is 9.32. The lowest BCUT2D eigenvalue weighted by Crippen LogP contribution is -2.40. The van der Waals surface area contributed by atoms with E-state index in [1.165, 1.54) is 19.3 Å². The number of carbonyl (C=O) groups is 1. The molecule has 1 saturated carbocycles. The van der Waals surface area contributed by atoms with Gasteiger partial charge in [0.2, 0.25) is 0 Å².